The summed E-state index contributed by atoms with van der Waals surface area (Å²) in [6, 6.07) is 17.3. The lowest BCUT2D eigenvalue weighted by Crippen LogP contribution is -2.32. The molecule has 7 nitrogen and oxygen atoms in total. The summed E-state index contributed by atoms with van der Waals surface area (Å²) in [5, 5.41) is 11.4. The molecule has 1 heterocycles. The molecule has 28 heavy (non-hydrogen) atoms. The molecule has 0 radical (unpaired) electrons. The van der Waals surface area contributed by atoms with E-state index in [9.17, 15) is 9.59 Å². The molecule has 0 aliphatic carbocycles. The molecular formula is C21H25N5O2. The van der Waals surface area contributed by atoms with Gasteiger partial charge in [-0.05, 0) is 37.6 Å². The first-order valence-electron chi connectivity index (χ1n) is 9.58. The van der Waals surface area contributed by atoms with Gasteiger partial charge in [0.1, 0.15) is 5.52 Å². The number of aryl methyl sites for hydroxylation is 1. The number of anilines is 1. The Morgan fingerprint density at radius 3 is 2.64 bits per heavy atom. The summed E-state index contributed by atoms with van der Waals surface area (Å²) in [7, 11) is 0. The number of rotatable bonds is 9. The molecule has 0 aliphatic heterocycles. The fraction of sp³-hybridized carbons (Fsp3) is 0.333. The Hall–Kier alpha value is -3.22. The lowest BCUT2D eigenvalue weighted by Gasteiger charge is -2.23. The molecule has 3 aromatic rings. The van der Waals surface area contributed by atoms with Gasteiger partial charge in [-0.2, -0.15) is 0 Å². The van der Waals surface area contributed by atoms with Gasteiger partial charge in [-0.25, -0.2) is 4.68 Å². The molecule has 3 rings (SSSR count). The molecule has 7 heteroatoms. The molecule has 0 saturated heterocycles. The van der Waals surface area contributed by atoms with Crippen molar-refractivity contribution in [3.63, 3.8) is 0 Å². The molecule has 1 N–H and O–H groups in total. The van der Waals surface area contributed by atoms with Crippen molar-refractivity contribution in [2.75, 3.05) is 24.5 Å². The predicted molar refractivity (Wildman–Crippen MR) is 110 cm³/mol. The first-order valence-corrected chi connectivity index (χ1v) is 9.58. The minimum atomic E-state index is -0.222. The molecular weight excluding hydrogens is 354 g/mol. The van der Waals surface area contributed by atoms with Gasteiger partial charge in [-0.1, -0.05) is 35.5 Å². The van der Waals surface area contributed by atoms with Crippen molar-refractivity contribution in [2.24, 2.45) is 0 Å². The Kier molecular flexibility index (Phi) is 6.73. The zero-order valence-corrected chi connectivity index (χ0v) is 16.0. The number of nitrogens with zero attached hydrogens (tertiary/aromatic N) is 4. The minimum Gasteiger partial charge on any atom is -0.372 e. The number of hydrogen-bond donors (Lipinski definition) is 1. The lowest BCUT2D eigenvalue weighted by atomic mass is 10.2. The van der Waals surface area contributed by atoms with Gasteiger partial charge in [0.25, 0.3) is 5.56 Å². The summed E-state index contributed by atoms with van der Waals surface area (Å²) in [5.74, 6) is -0.0929. The predicted octanol–water partition coefficient (Wildman–Crippen LogP) is 2.21. The van der Waals surface area contributed by atoms with Crippen molar-refractivity contribution in [3.8, 4) is 0 Å². The smallest absolute Gasteiger partial charge is 0.277 e. The van der Waals surface area contributed by atoms with Crippen molar-refractivity contribution < 1.29 is 4.79 Å². The molecule has 0 aliphatic rings. The molecule has 0 fully saturated rings. The topological polar surface area (TPSA) is 80.1 Å². The second kappa shape index (κ2) is 9.64. The average Bonchev–Trinajstić information content (AvgIpc) is 2.74. The Bertz CT molecular complexity index is 971. The maximum atomic E-state index is 12.4. The van der Waals surface area contributed by atoms with Crippen molar-refractivity contribution in [2.45, 2.75) is 26.3 Å². The Morgan fingerprint density at radius 1 is 1.11 bits per heavy atom. The van der Waals surface area contributed by atoms with E-state index >= 15 is 0 Å². The quantitative estimate of drug-likeness (QED) is 0.577. The second-order valence-electron chi connectivity index (χ2n) is 6.50. The van der Waals surface area contributed by atoms with Crippen LogP contribution in [0, 0.1) is 0 Å². The largest absolute Gasteiger partial charge is 0.372 e. The van der Waals surface area contributed by atoms with E-state index in [4.69, 9.17) is 0 Å². The number of fused-ring (bicyclic) bond motifs is 1. The van der Waals surface area contributed by atoms with Crippen molar-refractivity contribution in [3.05, 3.63) is 65.0 Å². The maximum absolute atomic E-state index is 12.4. The number of carbonyl (C=O) groups excluding carboxylic acids is 1. The average molecular weight is 379 g/mol. The van der Waals surface area contributed by atoms with E-state index in [1.807, 2.05) is 24.3 Å². The minimum absolute atomic E-state index is 0.0929. The first-order chi connectivity index (χ1) is 13.7. The van der Waals surface area contributed by atoms with Crippen molar-refractivity contribution >= 4 is 22.5 Å². The second-order valence-corrected chi connectivity index (χ2v) is 6.50. The molecule has 2 aromatic carbocycles. The standard InChI is InChI=1S/C21H25N5O2/c1-2-25(17-9-4-3-5-10-17)15-8-14-22-20(27)13-16-26-21(28)18-11-6-7-12-19(18)23-24-26/h3-7,9-12H,2,8,13-16H2,1H3,(H,22,27). The number of para-hydroxylation sites is 1. The molecule has 0 unspecified atom stereocenters. The van der Waals surface area contributed by atoms with Gasteiger partial charge in [0.2, 0.25) is 5.91 Å². The van der Waals surface area contributed by atoms with Crippen LogP contribution in [0.15, 0.2) is 59.4 Å². The van der Waals surface area contributed by atoms with Crippen LogP contribution in [-0.2, 0) is 11.3 Å². The molecule has 0 spiro atoms. The third-order valence-electron chi connectivity index (χ3n) is 4.61. The Morgan fingerprint density at radius 2 is 1.86 bits per heavy atom. The third-order valence-corrected chi connectivity index (χ3v) is 4.61. The fourth-order valence-electron chi connectivity index (χ4n) is 3.07. The van der Waals surface area contributed by atoms with Crippen LogP contribution in [-0.4, -0.2) is 40.5 Å². The van der Waals surface area contributed by atoms with E-state index in [0.29, 0.717) is 17.4 Å². The van der Waals surface area contributed by atoms with E-state index in [1.165, 1.54) is 10.4 Å². The summed E-state index contributed by atoms with van der Waals surface area (Å²) < 4.78 is 1.25. The third kappa shape index (κ3) is 4.94. The summed E-state index contributed by atoms with van der Waals surface area (Å²) in [6.07, 6.45) is 1.05. The van der Waals surface area contributed by atoms with Gasteiger partial charge >= 0.3 is 0 Å². The monoisotopic (exact) mass is 379 g/mol. The molecule has 1 amide bonds. The van der Waals surface area contributed by atoms with Crippen LogP contribution in [0.25, 0.3) is 10.9 Å². The highest BCUT2D eigenvalue weighted by atomic mass is 16.2. The summed E-state index contributed by atoms with van der Waals surface area (Å²) in [6.45, 7) is 4.72. The van der Waals surface area contributed by atoms with E-state index in [0.717, 1.165) is 19.5 Å². The number of benzene rings is 2. The van der Waals surface area contributed by atoms with Gasteiger partial charge < -0.3 is 10.2 Å². The zero-order chi connectivity index (χ0) is 19.8. The van der Waals surface area contributed by atoms with Gasteiger partial charge in [-0.3, -0.25) is 9.59 Å². The van der Waals surface area contributed by atoms with E-state index in [1.54, 1.807) is 18.2 Å². The van der Waals surface area contributed by atoms with Crippen LogP contribution in [0.4, 0.5) is 5.69 Å². The van der Waals surface area contributed by atoms with Gasteiger partial charge in [0.05, 0.1) is 11.9 Å². The number of aromatic nitrogens is 3. The highest BCUT2D eigenvalue weighted by Gasteiger charge is 2.08. The molecule has 1 aromatic heterocycles. The van der Waals surface area contributed by atoms with E-state index < -0.39 is 0 Å². The van der Waals surface area contributed by atoms with Gasteiger partial charge in [0, 0.05) is 31.7 Å². The SMILES string of the molecule is CCN(CCCNC(=O)CCn1nnc2ccccc2c1=O)c1ccccc1. The van der Waals surface area contributed by atoms with Crippen LogP contribution >= 0.6 is 0 Å². The highest BCUT2D eigenvalue weighted by molar-refractivity contribution is 5.77. The van der Waals surface area contributed by atoms with Crippen LogP contribution in [0.2, 0.25) is 0 Å². The van der Waals surface area contributed by atoms with Gasteiger partial charge in [-0.15, -0.1) is 5.10 Å². The summed E-state index contributed by atoms with van der Waals surface area (Å²) in [5.41, 5.74) is 1.53. The molecule has 0 bridgehead atoms. The Balaban J connectivity index is 1.44. The number of nitrogens with one attached hydrogen (secondary N) is 1. The number of carbonyl (C=O) groups is 1. The maximum Gasteiger partial charge on any atom is 0.277 e. The van der Waals surface area contributed by atoms with Crippen molar-refractivity contribution in [1.29, 1.82) is 0 Å². The van der Waals surface area contributed by atoms with Crippen LogP contribution < -0.4 is 15.8 Å². The Labute approximate surface area is 164 Å². The molecule has 146 valence electrons. The first kappa shape index (κ1) is 19.5. The zero-order valence-electron chi connectivity index (χ0n) is 16.0. The van der Waals surface area contributed by atoms with E-state index in [2.05, 4.69) is 39.6 Å². The molecule has 0 atom stereocenters. The van der Waals surface area contributed by atoms with Crippen molar-refractivity contribution in [1.82, 2.24) is 20.3 Å². The number of hydrogen-bond acceptors (Lipinski definition) is 5. The molecule has 0 saturated carbocycles. The van der Waals surface area contributed by atoms with Crippen LogP contribution in [0.5, 0.6) is 0 Å². The van der Waals surface area contributed by atoms with Gasteiger partial charge in [0.15, 0.2) is 0 Å². The van der Waals surface area contributed by atoms with Crippen LogP contribution in [0.3, 0.4) is 0 Å². The van der Waals surface area contributed by atoms with Crippen LogP contribution in [0.1, 0.15) is 19.8 Å². The highest BCUT2D eigenvalue weighted by Crippen LogP contribution is 2.12. The normalized spacial score (nSPS) is 10.8. The van der Waals surface area contributed by atoms with E-state index in [-0.39, 0.29) is 24.4 Å². The fourth-order valence-corrected chi connectivity index (χ4v) is 3.07. The summed E-state index contributed by atoms with van der Waals surface area (Å²) >= 11 is 0. The lowest BCUT2D eigenvalue weighted by molar-refractivity contribution is -0.121. The summed E-state index contributed by atoms with van der Waals surface area (Å²) in [4.78, 5) is 26.7. The number of amides is 1.